The Morgan fingerprint density at radius 2 is 1.59 bits per heavy atom. The maximum Gasteiger partial charge on any atom is 0.243 e. The van der Waals surface area contributed by atoms with Gasteiger partial charge >= 0.3 is 0 Å². The molecule has 0 heterocycles. The molecule has 0 saturated heterocycles. The summed E-state index contributed by atoms with van der Waals surface area (Å²) >= 11 is 12.6. The van der Waals surface area contributed by atoms with Crippen LogP contribution in [0.15, 0.2) is 78.9 Å². The molecule has 0 aliphatic carbocycles. The third-order valence-electron chi connectivity index (χ3n) is 6.32. The number of nitrogens with one attached hydrogen (secondary N) is 1. The highest BCUT2D eigenvalue weighted by molar-refractivity contribution is 7.92. The number of amides is 2. The van der Waals surface area contributed by atoms with Crippen LogP contribution in [0, 0.1) is 0 Å². The SMILES string of the molecule is CC(C)(C)NC(=O)[C@H](Cc1ccccc1)N(Cc1ccccc1Cl)C(=O)CCCN(c1cccc(Cl)c1)S(C)(=O)=O. The molecule has 41 heavy (non-hydrogen) atoms. The van der Waals surface area contributed by atoms with E-state index in [2.05, 4.69) is 5.32 Å². The first kappa shape index (κ1) is 32.4. The topological polar surface area (TPSA) is 86.8 Å². The second kappa shape index (κ2) is 14.2. The van der Waals surface area contributed by atoms with E-state index in [4.69, 9.17) is 23.2 Å². The Morgan fingerprint density at radius 3 is 2.20 bits per heavy atom. The van der Waals surface area contributed by atoms with E-state index in [1.54, 1.807) is 41.3 Å². The van der Waals surface area contributed by atoms with Crippen molar-refractivity contribution < 1.29 is 18.0 Å². The van der Waals surface area contributed by atoms with Gasteiger partial charge in [0.15, 0.2) is 0 Å². The van der Waals surface area contributed by atoms with Gasteiger partial charge < -0.3 is 10.2 Å². The Balaban J connectivity index is 1.91. The number of anilines is 1. The molecule has 1 atom stereocenters. The van der Waals surface area contributed by atoms with E-state index in [1.165, 1.54) is 4.31 Å². The normalized spacial score (nSPS) is 12.4. The minimum atomic E-state index is -3.63. The monoisotopic (exact) mass is 617 g/mol. The fourth-order valence-corrected chi connectivity index (χ4v) is 5.79. The summed E-state index contributed by atoms with van der Waals surface area (Å²) in [6, 6.07) is 22.5. The van der Waals surface area contributed by atoms with Crippen LogP contribution in [0.5, 0.6) is 0 Å². The molecular formula is C31H37Cl2N3O4S. The molecule has 0 fully saturated rings. The second-order valence-electron chi connectivity index (χ2n) is 11.0. The number of nitrogens with zero attached hydrogens (tertiary/aromatic N) is 2. The van der Waals surface area contributed by atoms with E-state index in [9.17, 15) is 18.0 Å². The highest BCUT2D eigenvalue weighted by Crippen LogP contribution is 2.24. The Morgan fingerprint density at radius 1 is 0.927 bits per heavy atom. The van der Waals surface area contributed by atoms with Crippen molar-refractivity contribution in [3.8, 4) is 0 Å². The summed E-state index contributed by atoms with van der Waals surface area (Å²) in [6.07, 6.45) is 1.67. The summed E-state index contributed by atoms with van der Waals surface area (Å²) in [5.74, 6) is -0.562. The quantitative estimate of drug-likeness (QED) is 0.266. The van der Waals surface area contributed by atoms with Gasteiger partial charge in [-0.25, -0.2) is 8.42 Å². The molecule has 1 N–H and O–H groups in total. The number of rotatable bonds is 12. The van der Waals surface area contributed by atoms with Crippen molar-refractivity contribution in [2.24, 2.45) is 0 Å². The van der Waals surface area contributed by atoms with Gasteiger partial charge in [-0.2, -0.15) is 0 Å². The minimum absolute atomic E-state index is 0.0190. The minimum Gasteiger partial charge on any atom is -0.350 e. The lowest BCUT2D eigenvalue weighted by Crippen LogP contribution is -2.54. The standard InChI is InChI=1S/C31H37Cl2N3O4S/c1-31(2,3)34-30(38)28(20-23-12-6-5-7-13-23)35(22-24-14-8-9-17-27(24)33)29(37)18-11-19-36(41(4,39)40)26-16-10-15-25(32)21-26/h5-10,12-17,21,28H,11,18-20,22H2,1-4H3,(H,34,38)/t28-/m0/s1. The summed E-state index contributed by atoms with van der Waals surface area (Å²) in [7, 11) is -3.63. The van der Waals surface area contributed by atoms with Gasteiger partial charge in [0.2, 0.25) is 21.8 Å². The van der Waals surface area contributed by atoms with Crippen LogP contribution < -0.4 is 9.62 Å². The molecule has 0 aromatic heterocycles. The Kier molecular flexibility index (Phi) is 11.2. The predicted molar refractivity (Wildman–Crippen MR) is 167 cm³/mol. The van der Waals surface area contributed by atoms with Gasteiger partial charge in [0.1, 0.15) is 6.04 Å². The van der Waals surface area contributed by atoms with Gasteiger partial charge in [0.25, 0.3) is 0 Å². The number of sulfonamides is 1. The molecule has 0 unspecified atom stereocenters. The van der Waals surface area contributed by atoms with Crippen LogP contribution in [0.1, 0.15) is 44.7 Å². The molecule has 0 radical (unpaired) electrons. The number of benzene rings is 3. The highest BCUT2D eigenvalue weighted by atomic mass is 35.5. The third-order valence-corrected chi connectivity index (χ3v) is 8.11. The van der Waals surface area contributed by atoms with Gasteiger partial charge in [-0.15, -0.1) is 0 Å². The molecule has 10 heteroatoms. The van der Waals surface area contributed by atoms with E-state index in [0.717, 1.165) is 11.8 Å². The van der Waals surface area contributed by atoms with Gasteiger partial charge in [-0.05, 0) is 62.6 Å². The smallest absolute Gasteiger partial charge is 0.243 e. The average molecular weight is 619 g/mol. The van der Waals surface area contributed by atoms with Crippen molar-refractivity contribution in [2.75, 3.05) is 17.1 Å². The summed E-state index contributed by atoms with van der Waals surface area (Å²) in [5.41, 5.74) is 1.52. The van der Waals surface area contributed by atoms with Crippen LogP contribution in [-0.2, 0) is 32.6 Å². The van der Waals surface area contributed by atoms with Crippen LogP contribution in [-0.4, -0.2) is 49.5 Å². The molecule has 3 aromatic carbocycles. The molecule has 0 saturated carbocycles. The average Bonchev–Trinajstić information content (AvgIpc) is 2.88. The van der Waals surface area contributed by atoms with Crippen molar-refractivity contribution >= 4 is 50.7 Å². The molecular weight excluding hydrogens is 581 g/mol. The van der Waals surface area contributed by atoms with Crippen molar-refractivity contribution in [2.45, 2.75) is 58.2 Å². The first-order chi connectivity index (χ1) is 19.2. The molecule has 220 valence electrons. The summed E-state index contributed by atoms with van der Waals surface area (Å²) in [6.45, 7) is 5.86. The fourth-order valence-electron chi connectivity index (χ4n) is 4.45. The summed E-state index contributed by atoms with van der Waals surface area (Å²) < 4.78 is 26.4. The zero-order valence-electron chi connectivity index (χ0n) is 23.8. The maximum absolute atomic E-state index is 13.9. The van der Waals surface area contributed by atoms with Gasteiger partial charge in [-0.3, -0.25) is 13.9 Å². The number of hydrogen-bond acceptors (Lipinski definition) is 4. The maximum atomic E-state index is 13.9. The van der Waals surface area contributed by atoms with Crippen LogP contribution >= 0.6 is 23.2 Å². The molecule has 0 spiro atoms. The Hall–Kier alpha value is -3.07. The lowest BCUT2D eigenvalue weighted by Gasteiger charge is -2.34. The number of carbonyl (C=O) groups excluding carboxylic acids is 2. The highest BCUT2D eigenvalue weighted by Gasteiger charge is 2.32. The van der Waals surface area contributed by atoms with E-state index in [0.29, 0.717) is 27.7 Å². The summed E-state index contributed by atoms with van der Waals surface area (Å²) in [4.78, 5) is 29.1. The molecule has 2 amide bonds. The van der Waals surface area contributed by atoms with Crippen molar-refractivity contribution in [3.63, 3.8) is 0 Å². The molecule has 3 aromatic rings. The second-order valence-corrected chi connectivity index (χ2v) is 13.7. The molecule has 0 bridgehead atoms. The molecule has 0 aliphatic rings. The first-order valence-corrected chi connectivity index (χ1v) is 16.0. The third kappa shape index (κ3) is 10.1. The van der Waals surface area contributed by atoms with E-state index in [1.807, 2.05) is 63.2 Å². The number of halogens is 2. The van der Waals surface area contributed by atoms with Crippen LogP contribution in [0.25, 0.3) is 0 Å². The lowest BCUT2D eigenvalue weighted by atomic mass is 10.00. The Labute approximate surface area is 253 Å². The van der Waals surface area contributed by atoms with Crippen LogP contribution in [0.2, 0.25) is 10.0 Å². The molecule has 7 nitrogen and oxygen atoms in total. The Bertz CT molecular complexity index is 1440. The van der Waals surface area contributed by atoms with Crippen molar-refractivity contribution in [1.82, 2.24) is 10.2 Å². The first-order valence-electron chi connectivity index (χ1n) is 13.4. The number of carbonyl (C=O) groups is 2. The predicted octanol–water partition coefficient (Wildman–Crippen LogP) is 6.09. The van der Waals surface area contributed by atoms with Gasteiger partial charge in [-0.1, -0.05) is 77.8 Å². The summed E-state index contributed by atoms with van der Waals surface area (Å²) in [5, 5.41) is 3.93. The molecule has 0 aliphatic heterocycles. The largest absolute Gasteiger partial charge is 0.350 e. The lowest BCUT2D eigenvalue weighted by molar-refractivity contribution is -0.142. The van der Waals surface area contributed by atoms with Gasteiger partial charge in [0.05, 0.1) is 11.9 Å². The van der Waals surface area contributed by atoms with E-state index < -0.39 is 21.6 Å². The zero-order chi connectivity index (χ0) is 30.2. The van der Waals surface area contributed by atoms with Gasteiger partial charge in [0, 0.05) is 41.5 Å². The van der Waals surface area contributed by atoms with E-state index >= 15 is 0 Å². The van der Waals surface area contributed by atoms with Crippen molar-refractivity contribution in [1.29, 1.82) is 0 Å². The van der Waals surface area contributed by atoms with Crippen LogP contribution in [0.3, 0.4) is 0 Å². The van der Waals surface area contributed by atoms with Crippen molar-refractivity contribution in [3.05, 3.63) is 100 Å². The number of hydrogen-bond donors (Lipinski definition) is 1. The van der Waals surface area contributed by atoms with E-state index in [-0.39, 0.29) is 37.7 Å². The molecule has 3 rings (SSSR count). The zero-order valence-corrected chi connectivity index (χ0v) is 26.1. The van der Waals surface area contributed by atoms with Crippen LogP contribution in [0.4, 0.5) is 5.69 Å². The fraction of sp³-hybridized carbons (Fsp3) is 0.355.